The topological polar surface area (TPSA) is 46.2 Å². The van der Waals surface area contributed by atoms with E-state index in [1.165, 1.54) is 0 Å². The van der Waals surface area contributed by atoms with Crippen LogP contribution in [-0.4, -0.2) is 28.3 Å². The molecule has 1 unspecified atom stereocenters. The summed E-state index contributed by atoms with van der Waals surface area (Å²) in [6.45, 7) is 6.90. The average Bonchev–Trinajstić information content (AvgIpc) is 1.85. The molecule has 0 aliphatic rings. The molecule has 2 nitrogen and oxygen atoms in total. The highest BCUT2D eigenvalue weighted by molar-refractivity contribution is 8.00. The van der Waals surface area contributed by atoms with Crippen LogP contribution in [0.15, 0.2) is 0 Å². The fourth-order valence-electron chi connectivity index (χ4n) is 0.619. The van der Waals surface area contributed by atoms with E-state index in [0.717, 1.165) is 12.2 Å². The smallest absolute Gasteiger partial charge is 0.0670 e. The highest BCUT2D eigenvalue weighted by Crippen LogP contribution is 2.23. The summed E-state index contributed by atoms with van der Waals surface area (Å²) >= 11 is 1.86. The molecule has 0 spiro atoms. The first-order valence-corrected chi connectivity index (χ1v) is 4.96. The first-order valence-electron chi connectivity index (χ1n) is 3.98. The van der Waals surface area contributed by atoms with Gasteiger partial charge in [0.05, 0.1) is 6.10 Å². The summed E-state index contributed by atoms with van der Waals surface area (Å²) in [5, 5.41) is 9.12. The fraction of sp³-hybridized carbons (Fsp3) is 1.00. The normalized spacial score (nSPS) is 15.0. The molecule has 0 amide bonds. The van der Waals surface area contributed by atoms with Crippen molar-refractivity contribution in [3.8, 4) is 0 Å². The fourth-order valence-corrected chi connectivity index (χ4v) is 1.62. The van der Waals surface area contributed by atoms with Crippen LogP contribution in [0.4, 0.5) is 0 Å². The first kappa shape index (κ1) is 11.3. The average molecular weight is 177 g/mol. The molecule has 0 bridgehead atoms. The van der Waals surface area contributed by atoms with Gasteiger partial charge in [-0.2, -0.15) is 11.8 Å². The number of rotatable bonds is 4. The van der Waals surface area contributed by atoms with Crippen LogP contribution in [0.3, 0.4) is 0 Å². The monoisotopic (exact) mass is 177 g/mol. The second-order valence-corrected chi connectivity index (χ2v) is 5.56. The molecule has 0 radical (unpaired) electrons. The second-order valence-electron chi connectivity index (χ2n) is 3.64. The molecule has 0 aromatic rings. The summed E-state index contributed by atoms with van der Waals surface area (Å²) in [6.07, 6.45) is 0.489. The molecule has 0 saturated carbocycles. The van der Waals surface area contributed by atoms with Crippen molar-refractivity contribution in [1.82, 2.24) is 0 Å². The molecule has 0 fully saturated rings. The standard InChI is InChI=1S/C8H19NOS/c1-8(2,3)11-5-4-7(10)6-9/h7,10H,4-6,9H2,1-3H3. The Kier molecular flexibility index (Phi) is 5.13. The van der Waals surface area contributed by atoms with Gasteiger partial charge in [0.1, 0.15) is 0 Å². The molecule has 0 saturated heterocycles. The molecule has 0 heterocycles. The molecule has 3 heteroatoms. The summed E-state index contributed by atoms with van der Waals surface area (Å²) in [6, 6.07) is 0. The minimum atomic E-state index is -0.315. The van der Waals surface area contributed by atoms with Crippen molar-refractivity contribution < 1.29 is 5.11 Å². The van der Waals surface area contributed by atoms with Gasteiger partial charge < -0.3 is 10.8 Å². The van der Waals surface area contributed by atoms with Gasteiger partial charge in [-0.3, -0.25) is 0 Å². The van der Waals surface area contributed by atoms with Gasteiger partial charge in [-0.1, -0.05) is 20.8 Å². The minimum absolute atomic E-state index is 0.300. The van der Waals surface area contributed by atoms with Crippen LogP contribution in [-0.2, 0) is 0 Å². The summed E-state index contributed by atoms with van der Waals surface area (Å²) in [4.78, 5) is 0. The molecule has 0 aromatic heterocycles. The van der Waals surface area contributed by atoms with Crippen LogP contribution < -0.4 is 5.73 Å². The van der Waals surface area contributed by atoms with Gasteiger partial charge in [0.2, 0.25) is 0 Å². The summed E-state index contributed by atoms with van der Waals surface area (Å²) in [5.74, 6) is 0.988. The van der Waals surface area contributed by atoms with Gasteiger partial charge in [0, 0.05) is 11.3 Å². The Morgan fingerprint density at radius 1 is 1.45 bits per heavy atom. The molecule has 0 aromatic carbocycles. The molecule has 1 atom stereocenters. The van der Waals surface area contributed by atoms with Crippen molar-refractivity contribution in [3.05, 3.63) is 0 Å². The van der Waals surface area contributed by atoms with Crippen molar-refractivity contribution >= 4 is 11.8 Å². The predicted octanol–water partition coefficient (Wildman–Crippen LogP) is 1.23. The number of aliphatic hydroxyl groups excluding tert-OH is 1. The quantitative estimate of drug-likeness (QED) is 0.679. The Hall–Kier alpha value is 0.270. The van der Waals surface area contributed by atoms with Gasteiger partial charge >= 0.3 is 0 Å². The molecular weight excluding hydrogens is 158 g/mol. The van der Waals surface area contributed by atoms with E-state index in [1.54, 1.807) is 0 Å². The molecule has 0 aliphatic heterocycles. The van der Waals surface area contributed by atoms with Gasteiger partial charge in [-0.05, 0) is 12.2 Å². The van der Waals surface area contributed by atoms with Crippen LogP contribution in [0.2, 0.25) is 0 Å². The van der Waals surface area contributed by atoms with E-state index in [1.807, 2.05) is 11.8 Å². The number of hydrogen-bond acceptors (Lipinski definition) is 3. The molecule has 0 rings (SSSR count). The third kappa shape index (κ3) is 8.17. The highest BCUT2D eigenvalue weighted by Gasteiger charge is 2.10. The van der Waals surface area contributed by atoms with Crippen LogP contribution >= 0.6 is 11.8 Å². The molecule has 68 valence electrons. The number of nitrogens with two attached hydrogens (primary N) is 1. The van der Waals surface area contributed by atoms with Crippen molar-refractivity contribution in [2.75, 3.05) is 12.3 Å². The Morgan fingerprint density at radius 2 is 2.00 bits per heavy atom. The van der Waals surface area contributed by atoms with E-state index < -0.39 is 0 Å². The van der Waals surface area contributed by atoms with Gasteiger partial charge in [-0.25, -0.2) is 0 Å². The van der Waals surface area contributed by atoms with Crippen molar-refractivity contribution in [1.29, 1.82) is 0 Å². The van der Waals surface area contributed by atoms with Gasteiger partial charge in [0.25, 0.3) is 0 Å². The van der Waals surface area contributed by atoms with E-state index in [0.29, 0.717) is 11.3 Å². The Bertz CT molecular complexity index is 101. The second kappa shape index (κ2) is 5.01. The minimum Gasteiger partial charge on any atom is -0.392 e. The van der Waals surface area contributed by atoms with Crippen molar-refractivity contribution in [2.45, 2.75) is 38.0 Å². The number of hydrogen-bond donors (Lipinski definition) is 2. The molecule has 11 heavy (non-hydrogen) atoms. The first-order chi connectivity index (χ1) is 4.95. The van der Waals surface area contributed by atoms with E-state index in [4.69, 9.17) is 10.8 Å². The van der Waals surface area contributed by atoms with Gasteiger partial charge in [-0.15, -0.1) is 0 Å². The van der Waals surface area contributed by atoms with E-state index in [2.05, 4.69) is 20.8 Å². The maximum atomic E-state index is 9.12. The third-order valence-electron chi connectivity index (χ3n) is 1.26. The highest BCUT2D eigenvalue weighted by atomic mass is 32.2. The number of thioether (sulfide) groups is 1. The van der Waals surface area contributed by atoms with E-state index >= 15 is 0 Å². The Morgan fingerprint density at radius 3 is 2.36 bits per heavy atom. The maximum Gasteiger partial charge on any atom is 0.0670 e. The zero-order valence-corrected chi connectivity index (χ0v) is 8.45. The lowest BCUT2D eigenvalue weighted by molar-refractivity contribution is 0.180. The van der Waals surface area contributed by atoms with Crippen molar-refractivity contribution in [3.63, 3.8) is 0 Å². The maximum absolute atomic E-state index is 9.12. The summed E-state index contributed by atoms with van der Waals surface area (Å²) in [5.41, 5.74) is 5.26. The SMILES string of the molecule is CC(C)(C)SCCC(O)CN. The van der Waals surface area contributed by atoms with Crippen LogP contribution in [0.5, 0.6) is 0 Å². The molecule has 3 N–H and O–H groups in total. The lowest BCUT2D eigenvalue weighted by Gasteiger charge is -2.18. The third-order valence-corrected chi connectivity index (χ3v) is 2.56. The number of aliphatic hydroxyl groups is 1. The van der Waals surface area contributed by atoms with Gasteiger partial charge in [0.15, 0.2) is 0 Å². The molecule has 0 aliphatic carbocycles. The lowest BCUT2D eigenvalue weighted by Crippen LogP contribution is -2.21. The zero-order valence-electron chi connectivity index (χ0n) is 7.63. The lowest BCUT2D eigenvalue weighted by atomic mass is 10.3. The van der Waals surface area contributed by atoms with Crippen LogP contribution in [0.1, 0.15) is 27.2 Å². The largest absolute Gasteiger partial charge is 0.392 e. The van der Waals surface area contributed by atoms with E-state index in [9.17, 15) is 0 Å². The van der Waals surface area contributed by atoms with Crippen LogP contribution in [0, 0.1) is 0 Å². The Balaban J connectivity index is 3.28. The Labute approximate surface area is 73.6 Å². The van der Waals surface area contributed by atoms with Crippen molar-refractivity contribution in [2.24, 2.45) is 5.73 Å². The predicted molar refractivity (Wildman–Crippen MR) is 51.9 cm³/mol. The summed E-state index contributed by atoms with van der Waals surface area (Å²) < 4.78 is 0.300. The van der Waals surface area contributed by atoms with Crippen LogP contribution in [0.25, 0.3) is 0 Å². The molecular formula is C8H19NOS. The summed E-state index contributed by atoms with van der Waals surface area (Å²) in [7, 11) is 0. The van der Waals surface area contributed by atoms with E-state index in [-0.39, 0.29) is 6.10 Å². The zero-order chi connectivity index (χ0) is 8.91.